The van der Waals surface area contributed by atoms with E-state index < -0.39 is 23.3 Å². The molecule has 1 aromatic carbocycles. The molecule has 5 nitrogen and oxygen atoms in total. The van der Waals surface area contributed by atoms with Crippen molar-refractivity contribution in [1.82, 2.24) is 10.6 Å². The molecule has 2 N–H and O–H groups in total. The molecule has 0 aromatic heterocycles. The number of carbonyl (C=O) groups is 2. The first-order chi connectivity index (χ1) is 15.5. The van der Waals surface area contributed by atoms with Crippen molar-refractivity contribution in [2.45, 2.75) is 38.1 Å². The zero-order chi connectivity index (χ0) is 23.5. The minimum Gasteiger partial charge on any atom is -0.467 e. The summed E-state index contributed by atoms with van der Waals surface area (Å²) in [5.41, 5.74) is 3.58. The number of rotatable bonds is 6. The van der Waals surface area contributed by atoms with Gasteiger partial charge in [-0.15, -0.1) is 11.6 Å². The van der Waals surface area contributed by atoms with Crippen molar-refractivity contribution in [3.8, 4) is 0 Å². The van der Waals surface area contributed by atoms with Crippen molar-refractivity contribution in [2.24, 2.45) is 0 Å². The lowest BCUT2D eigenvalue weighted by Gasteiger charge is -2.19. The van der Waals surface area contributed by atoms with Crippen molar-refractivity contribution in [2.75, 3.05) is 20.2 Å². The van der Waals surface area contributed by atoms with E-state index in [2.05, 4.69) is 16.7 Å². The highest BCUT2D eigenvalue weighted by Gasteiger charge is 2.27. The third-order valence-electron chi connectivity index (χ3n) is 5.03. The maximum atomic E-state index is 12.8. The number of alkyl halides is 1. The van der Waals surface area contributed by atoms with E-state index in [0.717, 1.165) is 30.6 Å². The van der Waals surface area contributed by atoms with Crippen LogP contribution in [-0.2, 0) is 20.7 Å². The van der Waals surface area contributed by atoms with Crippen molar-refractivity contribution >= 4 is 40.7 Å². The molecule has 2 aliphatic rings. The van der Waals surface area contributed by atoms with E-state index in [9.17, 15) is 9.59 Å². The van der Waals surface area contributed by atoms with Crippen molar-refractivity contribution < 1.29 is 14.3 Å². The van der Waals surface area contributed by atoms with Crippen LogP contribution in [0.15, 0.2) is 65.3 Å². The first-order valence-corrected chi connectivity index (χ1v) is 11.6. The molecule has 0 bridgehead atoms. The van der Waals surface area contributed by atoms with Crippen LogP contribution in [0.4, 0.5) is 0 Å². The summed E-state index contributed by atoms with van der Waals surface area (Å²) in [7, 11) is 1.29. The Kier molecular flexibility index (Phi) is 10.7. The maximum Gasteiger partial charge on any atom is 0.328 e. The molecule has 1 aromatic rings. The normalized spacial score (nSPS) is 18.7. The standard InChI is InChI=1S/C23H24Cl2N2O3.C2H6/c1-30-23(29)20(27-22(28)21-18(24)4-2-3-5-19(21)25)14-15-6-8-16(9-7-15)17-10-12-26-13-11-17;1-2/h2-10,18,20,26H,11-14H2,1H3,(H,27,28);1-2H3. The highest BCUT2D eigenvalue weighted by Crippen LogP contribution is 2.24. The summed E-state index contributed by atoms with van der Waals surface area (Å²) in [5.74, 6) is -1.03. The van der Waals surface area contributed by atoms with E-state index in [1.54, 1.807) is 24.3 Å². The van der Waals surface area contributed by atoms with Crippen LogP contribution in [-0.4, -0.2) is 43.5 Å². The average molecular weight is 477 g/mol. The number of hydrogen-bond acceptors (Lipinski definition) is 4. The number of hydrogen-bond donors (Lipinski definition) is 2. The van der Waals surface area contributed by atoms with Crippen LogP contribution in [0.25, 0.3) is 5.57 Å². The van der Waals surface area contributed by atoms with E-state index in [1.807, 2.05) is 38.1 Å². The molecule has 0 spiro atoms. The molecule has 32 heavy (non-hydrogen) atoms. The Bertz CT molecular complexity index is 918. The molecule has 3 rings (SSSR count). The zero-order valence-electron chi connectivity index (χ0n) is 18.7. The van der Waals surface area contributed by atoms with Crippen LogP contribution in [0.1, 0.15) is 31.4 Å². The third-order valence-corrected chi connectivity index (χ3v) is 5.72. The first-order valence-electron chi connectivity index (χ1n) is 10.8. The lowest BCUT2D eigenvalue weighted by molar-refractivity contribution is -0.144. The van der Waals surface area contributed by atoms with Crippen LogP contribution in [0, 0.1) is 0 Å². The SMILES string of the molecule is CC.COC(=O)C(Cc1ccc(C2=CCNCC2)cc1)NC(=O)C1=C(Cl)C=CC=CC1Cl. The maximum absolute atomic E-state index is 12.8. The Morgan fingerprint density at radius 3 is 2.56 bits per heavy atom. The molecular formula is C25H30Cl2N2O3. The fourth-order valence-electron chi connectivity index (χ4n) is 3.40. The predicted molar refractivity (Wildman–Crippen MR) is 132 cm³/mol. The number of esters is 1. The predicted octanol–water partition coefficient (Wildman–Crippen LogP) is 4.52. The molecular weight excluding hydrogens is 447 g/mol. The van der Waals surface area contributed by atoms with Crippen LogP contribution < -0.4 is 10.6 Å². The Balaban J connectivity index is 0.00000176. The number of allylic oxidation sites excluding steroid dienone is 5. The Hall–Kier alpha value is -2.34. The fraction of sp³-hybridized carbons (Fsp3) is 0.360. The van der Waals surface area contributed by atoms with Gasteiger partial charge in [0.25, 0.3) is 5.91 Å². The van der Waals surface area contributed by atoms with Gasteiger partial charge in [-0.2, -0.15) is 0 Å². The number of methoxy groups -OCH3 is 1. The Morgan fingerprint density at radius 1 is 1.22 bits per heavy atom. The summed E-state index contributed by atoms with van der Waals surface area (Å²) >= 11 is 12.5. The quantitative estimate of drug-likeness (QED) is 0.467. The Morgan fingerprint density at radius 2 is 1.94 bits per heavy atom. The van der Waals surface area contributed by atoms with Gasteiger partial charge in [-0.05, 0) is 35.7 Å². The van der Waals surface area contributed by atoms with Gasteiger partial charge >= 0.3 is 5.97 Å². The van der Waals surface area contributed by atoms with E-state index in [-0.39, 0.29) is 10.6 Å². The molecule has 1 amide bonds. The number of nitrogens with one attached hydrogen (secondary N) is 2. The van der Waals surface area contributed by atoms with Crippen molar-refractivity contribution in [3.63, 3.8) is 0 Å². The molecule has 0 fully saturated rings. The zero-order valence-corrected chi connectivity index (χ0v) is 20.2. The summed E-state index contributed by atoms with van der Waals surface area (Å²) in [6.45, 7) is 5.84. The van der Waals surface area contributed by atoms with Gasteiger partial charge in [0.15, 0.2) is 0 Å². The number of carbonyl (C=O) groups excluding carboxylic acids is 2. The smallest absolute Gasteiger partial charge is 0.328 e. The molecule has 2 unspecified atom stereocenters. The molecule has 0 saturated carbocycles. The van der Waals surface area contributed by atoms with Gasteiger partial charge in [0.05, 0.1) is 23.1 Å². The van der Waals surface area contributed by atoms with Gasteiger partial charge in [0.1, 0.15) is 6.04 Å². The molecule has 0 saturated heterocycles. The molecule has 7 heteroatoms. The highest BCUT2D eigenvalue weighted by molar-refractivity contribution is 6.36. The molecule has 1 heterocycles. The molecule has 1 aliphatic heterocycles. The van der Waals surface area contributed by atoms with Crippen molar-refractivity contribution in [3.05, 3.63) is 76.4 Å². The summed E-state index contributed by atoms with van der Waals surface area (Å²) in [4.78, 5) is 25.1. The minimum absolute atomic E-state index is 0.199. The summed E-state index contributed by atoms with van der Waals surface area (Å²) in [6.07, 6.45) is 10.1. The van der Waals surface area contributed by atoms with E-state index in [4.69, 9.17) is 27.9 Å². The average Bonchev–Trinajstić information content (AvgIpc) is 3.00. The largest absolute Gasteiger partial charge is 0.467 e. The van der Waals surface area contributed by atoms with Gasteiger partial charge in [0.2, 0.25) is 0 Å². The van der Waals surface area contributed by atoms with Gasteiger partial charge in [-0.25, -0.2) is 4.79 Å². The number of benzene rings is 1. The first kappa shape index (κ1) is 25.9. The van der Waals surface area contributed by atoms with Gasteiger partial charge in [0, 0.05) is 13.0 Å². The lowest BCUT2D eigenvalue weighted by atomic mass is 9.97. The summed E-state index contributed by atoms with van der Waals surface area (Å²) < 4.78 is 4.89. The molecule has 1 aliphatic carbocycles. The second kappa shape index (κ2) is 13.3. The summed E-state index contributed by atoms with van der Waals surface area (Å²) in [5, 5.41) is 5.57. The van der Waals surface area contributed by atoms with Crippen LogP contribution in [0.5, 0.6) is 0 Å². The topological polar surface area (TPSA) is 67.4 Å². The fourth-order valence-corrected chi connectivity index (χ4v) is 4.03. The van der Waals surface area contributed by atoms with Gasteiger partial charge in [-0.3, -0.25) is 4.79 Å². The number of amides is 1. The second-order valence-corrected chi connectivity index (χ2v) is 7.92. The minimum atomic E-state index is -0.858. The Labute approximate surface area is 200 Å². The monoisotopic (exact) mass is 476 g/mol. The van der Waals surface area contributed by atoms with E-state index in [0.29, 0.717) is 6.42 Å². The summed E-state index contributed by atoms with van der Waals surface area (Å²) in [6, 6.07) is 7.15. The van der Waals surface area contributed by atoms with E-state index in [1.165, 1.54) is 12.7 Å². The number of halogens is 2. The highest BCUT2D eigenvalue weighted by atomic mass is 35.5. The van der Waals surface area contributed by atoms with E-state index >= 15 is 0 Å². The number of ether oxygens (including phenoxy) is 1. The lowest BCUT2D eigenvalue weighted by Crippen LogP contribution is -2.44. The second-order valence-electron chi connectivity index (χ2n) is 7.04. The molecule has 172 valence electrons. The van der Waals surface area contributed by atoms with Crippen LogP contribution in [0.3, 0.4) is 0 Å². The van der Waals surface area contributed by atoms with Crippen LogP contribution >= 0.6 is 23.2 Å². The molecule has 2 atom stereocenters. The third kappa shape index (κ3) is 7.09. The van der Waals surface area contributed by atoms with Gasteiger partial charge in [-0.1, -0.05) is 74.0 Å². The van der Waals surface area contributed by atoms with Crippen LogP contribution in [0.2, 0.25) is 0 Å². The van der Waals surface area contributed by atoms with Gasteiger partial charge < -0.3 is 15.4 Å². The van der Waals surface area contributed by atoms with Crippen molar-refractivity contribution in [1.29, 1.82) is 0 Å². The molecule has 0 radical (unpaired) electrons.